The lowest BCUT2D eigenvalue weighted by molar-refractivity contribution is -0.155. The first-order valence-electron chi connectivity index (χ1n) is 27.0. The van der Waals surface area contributed by atoms with Crippen LogP contribution in [0.15, 0.2) is 0 Å². The number of nitrogens with one attached hydrogen (secondary N) is 1. The summed E-state index contributed by atoms with van der Waals surface area (Å²) >= 11 is 0. The molecule has 65 heavy (non-hydrogen) atoms. The predicted molar refractivity (Wildman–Crippen MR) is 266 cm³/mol. The Balaban J connectivity index is 4.02. The van der Waals surface area contributed by atoms with E-state index in [0.29, 0.717) is 51.4 Å². The molecule has 12 heteroatoms. The number of hydrogen-bond donors (Lipinski definition) is 3. The van der Waals surface area contributed by atoms with Crippen molar-refractivity contribution in [2.24, 2.45) is 11.8 Å². The maximum absolute atomic E-state index is 13.0. The van der Waals surface area contributed by atoms with E-state index in [1.165, 1.54) is 89.9 Å². The van der Waals surface area contributed by atoms with Crippen molar-refractivity contribution in [3.63, 3.8) is 0 Å². The van der Waals surface area contributed by atoms with Crippen LogP contribution in [0.1, 0.15) is 220 Å². The van der Waals surface area contributed by atoms with E-state index in [-0.39, 0.29) is 44.1 Å². The van der Waals surface area contributed by atoms with Gasteiger partial charge in [-0.05, 0) is 78.3 Å². The number of aliphatic hydroxyl groups excluding tert-OH is 2. The summed E-state index contributed by atoms with van der Waals surface area (Å²) in [6.45, 7) is 12.7. The summed E-state index contributed by atoms with van der Waals surface area (Å²) in [6, 6.07) is 0. The van der Waals surface area contributed by atoms with Gasteiger partial charge in [0, 0.05) is 51.6 Å². The van der Waals surface area contributed by atoms with Crippen molar-refractivity contribution in [3.8, 4) is 0 Å². The smallest absolute Gasteiger partial charge is 0.336 e. The Morgan fingerprint density at radius 2 is 0.754 bits per heavy atom. The molecular formula is C53H103N3O9. The second-order valence-electron chi connectivity index (χ2n) is 19.0. The largest absolute Gasteiger partial charge is 0.465 e. The van der Waals surface area contributed by atoms with Crippen LogP contribution < -0.4 is 5.32 Å². The Morgan fingerprint density at radius 3 is 1.14 bits per heavy atom. The second-order valence-corrected chi connectivity index (χ2v) is 19.0. The molecule has 0 amide bonds. The molecule has 0 rings (SSSR count). The molecule has 2 atom stereocenters. The highest BCUT2D eigenvalue weighted by Crippen LogP contribution is 2.23. The minimum Gasteiger partial charge on any atom is -0.465 e. The number of Topliss-reactive ketones (excluding diaryl/α,β-unsaturated/α-hetero) is 1. The second kappa shape index (κ2) is 45.7. The summed E-state index contributed by atoms with van der Waals surface area (Å²) in [4.78, 5) is 54.2. The topological polar surface area (TPSA) is 155 Å². The number of hydrogen-bond acceptors (Lipinski definition) is 12. The van der Waals surface area contributed by atoms with Crippen molar-refractivity contribution in [1.29, 1.82) is 0 Å². The van der Waals surface area contributed by atoms with Crippen LogP contribution in [0.5, 0.6) is 0 Å². The predicted octanol–water partition coefficient (Wildman–Crippen LogP) is 10.4. The van der Waals surface area contributed by atoms with E-state index in [1.807, 2.05) is 23.9 Å². The van der Waals surface area contributed by atoms with Crippen molar-refractivity contribution in [3.05, 3.63) is 0 Å². The standard InChI is InChI=1S/C53H103N3O9/c1-7-11-15-24-32-46(33-25-16-12-8-2)48(57)36-28-20-19-21-29-42-64-52(61)49(58)44-55(5)39-37-54-38-40-56(6)45-50(59)53(62)65-43-31-23-22-30-41-63-51(60)47(34-26-17-13-9-3)35-27-18-14-10-4/h46-47,49-50,54,58-59H,7-45H2,1-6H3. The lowest BCUT2D eigenvalue weighted by Crippen LogP contribution is -2.41. The van der Waals surface area contributed by atoms with Crippen LogP contribution in [0.25, 0.3) is 0 Å². The van der Waals surface area contributed by atoms with Gasteiger partial charge in [-0.15, -0.1) is 0 Å². The SMILES string of the molecule is CCCCCCC(CCCCCC)C(=O)CCCCCCCOC(=O)C(O)CN(C)CCNCCN(C)CC(O)C(=O)OCCCCCCOC(=O)C(CCCCCC)CCCCCC. The fourth-order valence-corrected chi connectivity index (χ4v) is 8.23. The first-order valence-corrected chi connectivity index (χ1v) is 27.0. The van der Waals surface area contributed by atoms with Gasteiger partial charge in [0.05, 0.1) is 25.7 Å². The molecule has 0 bridgehead atoms. The molecule has 0 aliphatic carbocycles. The number of carbonyl (C=O) groups is 4. The maximum Gasteiger partial charge on any atom is 0.336 e. The first-order chi connectivity index (χ1) is 31.5. The zero-order chi connectivity index (χ0) is 48.2. The molecule has 12 nitrogen and oxygen atoms in total. The summed E-state index contributed by atoms with van der Waals surface area (Å²) in [5.41, 5.74) is 0. The average Bonchev–Trinajstić information content (AvgIpc) is 3.29. The number of unbranched alkanes of at least 4 members (excludes halogenated alkanes) is 19. The quantitative estimate of drug-likeness (QED) is 0.0302. The number of ketones is 1. The lowest BCUT2D eigenvalue weighted by atomic mass is 9.88. The van der Waals surface area contributed by atoms with Crippen LogP contribution in [-0.4, -0.2) is 129 Å². The number of likely N-dealkylation sites (N-methyl/N-ethyl adjacent to an activating group) is 2. The number of rotatable bonds is 49. The lowest BCUT2D eigenvalue weighted by Gasteiger charge is -2.21. The highest BCUT2D eigenvalue weighted by atomic mass is 16.6. The molecule has 0 heterocycles. The summed E-state index contributed by atoms with van der Waals surface area (Å²) < 4.78 is 16.3. The number of nitrogens with zero attached hydrogens (tertiary/aromatic N) is 2. The van der Waals surface area contributed by atoms with Crippen molar-refractivity contribution >= 4 is 23.7 Å². The van der Waals surface area contributed by atoms with Crippen molar-refractivity contribution in [1.82, 2.24) is 15.1 Å². The van der Waals surface area contributed by atoms with Gasteiger partial charge in [-0.25, -0.2) is 9.59 Å². The molecule has 0 saturated heterocycles. The normalized spacial score (nSPS) is 12.7. The Kier molecular flexibility index (Phi) is 44.2. The van der Waals surface area contributed by atoms with E-state index in [1.54, 1.807) is 0 Å². The molecule has 0 fully saturated rings. The summed E-state index contributed by atoms with van der Waals surface area (Å²) in [5.74, 6) is -0.548. The van der Waals surface area contributed by atoms with Gasteiger partial charge in [0.1, 0.15) is 5.78 Å². The molecule has 0 radical (unpaired) electrons. The minimum absolute atomic E-state index is 0.0179. The third kappa shape index (κ3) is 38.5. The Hall–Kier alpha value is -2.12. The van der Waals surface area contributed by atoms with E-state index in [4.69, 9.17) is 14.2 Å². The van der Waals surface area contributed by atoms with Gasteiger partial charge in [-0.3, -0.25) is 9.59 Å². The highest BCUT2D eigenvalue weighted by molar-refractivity contribution is 5.80. The van der Waals surface area contributed by atoms with Gasteiger partial charge < -0.3 is 39.5 Å². The van der Waals surface area contributed by atoms with Crippen LogP contribution in [0.4, 0.5) is 0 Å². The Bertz CT molecular complexity index is 1020. The molecule has 0 aliphatic rings. The van der Waals surface area contributed by atoms with E-state index in [2.05, 4.69) is 33.0 Å². The fraction of sp³-hybridized carbons (Fsp3) is 0.925. The molecule has 0 spiro atoms. The van der Waals surface area contributed by atoms with Gasteiger partial charge in [0.25, 0.3) is 0 Å². The van der Waals surface area contributed by atoms with Crippen LogP contribution in [0.3, 0.4) is 0 Å². The first kappa shape index (κ1) is 62.9. The zero-order valence-corrected chi connectivity index (χ0v) is 43.0. The fourth-order valence-electron chi connectivity index (χ4n) is 8.23. The van der Waals surface area contributed by atoms with Gasteiger partial charge >= 0.3 is 17.9 Å². The molecule has 0 aromatic carbocycles. The van der Waals surface area contributed by atoms with E-state index in [9.17, 15) is 29.4 Å². The monoisotopic (exact) mass is 926 g/mol. The van der Waals surface area contributed by atoms with Crippen molar-refractivity contribution in [2.45, 2.75) is 233 Å². The van der Waals surface area contributed by atoms with Gasteiger partial charge in [0.2, 0.25) is 0 Å². The third-order valence-electron chi connectivity index (χ3n) is 12.6. The van der Waals surface area contributed by atoms with Gasteiger partial charge in [-0.2, -0.15) is 0 Å². The number of carbonyl (C=O) groups excluding carboxylic acids is 4. The van der Waals surface area contributed by atoms with Crippen molar-refractivity contribution < 1.29 is 43.6 Å². The Labute approximate surface area is 398 Å². The summed E-state index contributed by atoms with van der Waals surface area (Å²) in [7, 11) is 3.68. The number of aliphatic hydroxyl groups is 2. The Morgan fingerprint density at radius 1 is 0.431 bits per heavy atom. The summed E-state index contributed by atoms with van der Waals surface area (Å²) in [5, 5.41) is 24.1. The van der Waals surface area contributed by atoms with E-state index in [0.717, 1.165) is 89.9 Å². The van der Waals surface area contributed by atoms with Crippen molar-refractivity contribution in [2.75, 3.05) is 73.2 Å². The summed E-state index contributed by atoms with van der Waals surface area (Å²) in [6.07, 6.45) is 29.1. The number of esters is 3. The number of ether oxygens (including phenoxy) is 3. The van der Waals surface area contributed by atoms with Gasteiger partial charge in [-0.1, -0.05) is 150 Å². The molecule has 3 N–H and O–H groups in total. The van der Waals surface area contributed by atoms with Crippen LogP contribution in [-0.2, 0) is 33.4 Å². The molecule has 384 valence electrons. The molecular weight excluding hydrogens is 823 g/mol. The highest BCUT2D eigenvalue weighted by Gasteiger charge is 2.22. The van der Waals surface area contributed by atoms with Crippen LogP contribution >= 0.6 is 0 Å². The maximum atomic E-state index is 13.0. The van der Waals surface area contributed by atoms with E-state index < -0.39 is 24.1 Å². The van der Waals surface area contributed by atoms with Gasteiger partial charge in [0.15, 0.2) is 12.2 Å². The van der Waals surface area contributed by atoms with Crippen LogP contribution in [0.2, 0.25) is 0 Å². The molecule has 0 aromatic rings. The average molecular weight is 926 g/mol. The molecule has 0 aliphatic heterocycles. The van der Waals surface area contributed by atoms with Crippen LogP contribution in [0, 0.1) is 11.8 Å². The van der Waals surface area contributed by atoms with E-state index >= 15 is 0 Å². The minimum atomic E-state index is -1.22. The third-order valence-corrected chi connectivity index (χ3v) is 12.6. The molecule has 0 saturated carbocycles. The molecule has 2 unspecified atom stereocenters. The molecule has 0 aromatic heterocycles. The zero-order valence-electron chi connectivity index (χ0n) is 43.0.